The van der Waals surface area contributed by atoms with Gasteiger partial charge >= 0.3 is 0 Å². The Bertz CT molecular complexity index is 351. The van der Waals surface area contributed by atoms with Gasteiger partial charge in [-0.2, -0.15) is 0 Å². The number of rotatable bonds is 10. The van der Waals surface area contributed by atoms with Gasteiger partial charge in [-0.3, -0.25) is 0 Å². The molecule has 0 bridgehead atoms. The van der Waals surface area contributed by atoms with Crippen LogP contribution in [0.25, 0.3) is 0 Å². The Labute approximate surface area is 129 Å². The van der Waals surface area contributed by atoms with E-state index in [1.165, 1.54) is 24.9 Å². The van der Waals surface area contributed by atoms with Crippen LogP contribution in [-0.2, 0) is 0 Å². The van der Waals surface area contributed by atoms with E-state index >= 15 is 0 Å². The quantitative estimate of drug-likeness (QED) is 0.684. The van der Waals surface area contributed by atoms with Gasteiger partial charge < -0.3 is 10.2 Å². The topological polar surface area (TPSA) is 15.3 Å². The molecule has 0 aliphatic heterocycles. The highest BCUT2D eigenvalue weighted by molar-refractivity contribution is 6.30. The van der Waals surface area contributed by atoms with Gasteiger partial charge in [-0.1, -0.05) is 44.0 Å². The second kappa shape index (κ2) is 10.2. The summed E-state index contributed by atoms with van der Waals surface area (Å²) in [5, 5.41) is 4.46. The SMILES string of the molecule is CCCCN(C)CCC(NCCC)c1ccc(Cl)cc1. The lowest BCUT2D eigenvalue weighted by molar-refractivity contribution is 0.302. The molecular weight excluding hydrogens is 268 g/mol. The predicted molar refractivity (Wildman–Crippen MR) is 89.5 cm³/mol. The van der Waals surface area contributed by atoms with E-state index < -0.39 is 0 Å². The minimum Gasteiger partial charge on any atom is -0.310 e. The summed E-state index contributed by atoms with van der Waals surface area (Å²) in [6.07, 6.45) is 4.85. The lowest BCUT2D eigenvalue weighted by Gasteiger charge is -2.23. The van der Waals surface area contributed by atoms with Crippen LogP contribution in [0, 0.1) is 0 Å². The molecule has 3 heteroatoms. The third-order valence-corrected chi connectivity index (χ3v) is 3.86. The maximum absolute atomic E-state index is 5.98. The Balaban J connectivity index is 2.53. The number of unbranched alkanes of at least 4 members (excludes halogenated alkanes) is 1. The first-order chi connectivity index (χ1) is 9.67. The lowest BCUT2D eigenvalue weighted by Crippen LogP contribution is -2.28. The molecule has 0 saturated carbocycles. The van der Waals surface area contributed by atoms with Crippen molar-refractivity contribution in [1.29, 1.82) is 0 Å². The molecule has 0 aliphatic rings. The van der Waals surface area contributed by atoms with Crippen LogP contribution in [0.15, 0.2) is 24.3 Å². The van der Waals surface area contributed by atoms with Gasteiger partial charge in [-0.05, 0) is 63.6 Å². The maximum Gasteiger partial charge on any atom is 0.0406 e. The number of hydrogen-bond acceptors (Lipinski definition) is 2. The van der Waals surface area contributed by atoms with E-state index in [2.05, 4.69) is 43.2 Å². The van der Waals surface area contributed by atoms with Gasteiger partial charge in [0.25, 0.3) is 0 Å². The van der Waals surface area contributed by atoms with Gasteiger partial charge in [0.1, 0.15) is 0 Å². The maximum atomic E-state index is 5.98. The van der Waals surface area contributed by atoms with E-state index in [0.717, 1.165) is 31.0 Å². The number of halogens is 1. The fourth-order valence-electron chi connectivity index (χ4n) is 2.29. The van der Waals surface area contributed by atoms with Gasteiger partial charge in [0.05, 0.1) is 0 Å². The normalized spacial score (nSPS) is 12.8. The zero-order valence-corrected chi connectivity index (χ0v) is 13.9. The van der Waals surface area contributed by atoms with E-state index in [1.54, 1.807) is 0 Å². The van der Waals surface area contributed by atoms with Crippen molar-refractivity contribution in [3.63, 3.8) is 0 Å². The largest absolute Gasteiger partial charge is 0.310 e. The summed E-state index contributed by atoms with van der Waals surface area (Å²) in [4.78, 5) is 2.43. The molecule has 20 heavy (non-hydrogen) atoms. The fourth-order valence-corrected chi connectivity index (χ4v) is 2.42. The van der Waals surface area contributed by atoms with Crippen LogP contribution < -0.4 is 5.32 Å². The molecule has 1 atom stereocenters. The van der Waals surface area contributed by atoms with Crippen molar-refractivity contribution >= 4 is 11.6 Å². The minimum atomic E-state index is 0.427. The third kappa shape index (κ3) is 6.74. The van der Waals surface area contributed by atoms with Crippen molar-refractivity contribution in [3.05, 3.63) is 34.9 Å². The van der Waals surface area contributed by atoms with Crippen molar-refractivity contribution in [2.24, 2.45) is 0 Å². The highest BCUT2D eigenvalue weighted by atomic mass is 35.5. The van der Waals surface area contributed by atoms with Crippen molar-refractivity contribution in [3.8, 4) is 0 Å². The summed E-state index contributed by atoms with van der Waals surface area (Å²) < 4.78 is 0. The van der Waals surface area contributed by atoms with E-state index in [-0.39, 0.29) is 0 Å². The summed E-state index contributed by atoms with van der Waals surface area (Å²) in [5.74, 6) is 0. The number of nitrogens with one attached hydrogen (secondary N) is 1. The molecule has 114 valence electrons. The van der Waals surface area contributed by atoms with Crippen LogP contribution in [0.3, 0.4) is 0 Å². The molecule has 1 rings (SSSR count). The van der Waals surface area contributed by atoms with E-state index in [0.29, 0.717) is 6.04 Å². The number of nitrogens with zero attached hydrogens (tertiary/aromatic N) is 1. The van der Waals surface area contributed by atoms with Gasteiger partial charge in [0, 0.05) is 11.1 Å². The van der Waals surface area contributed by atoms with Crippen LogP contribution in [0.1, 0.15) is 51.1 Å². The zero-order valence-electron chi connectivity index (χ0n) is 13.2. The molecule has 0 radical (unpaired) electrons. The highest BCUT2D eigenvalue weighted by Crippen LogP contribution is 2.19. The summed E-state index contributed by atoms with van der Waals surface area (Å²) in [5.41, 5.74) is 1.34. The summed E-state index contributed by atoms with van der Waals surface area (Å²) in [6.45, 7) is 7.83. The first-order valence-electron chi connectivity index (χ1n) is 7.84. The predicted octanol–water partition coefficient (Wildman–Crippen LogP) is 4.50. The van der Waals surface area contributed by atoms with Crippen LogP contribution in [0.5, 0.6) is 0 Å². The molecule has 2 nitrogen and oxygen atoms in total. The fraction of sp³-hybridized carbons (Fsp3) is 0.647. The van der Waals surface area contributed by atoms with Crippen molar-refractivity contribution in [1.82, 2.24) is 10.2 Å². The molecule has 0 amide bonds. The molecule has 0 saturated heterocycles. The van der Waals surface area contributed by atoms with Crippen LogP contribution in [0.2, 0.25) is 5.02 Å². The molecule has 1 aromatic rings. The van der Waals surface area contributed by atoms with Crippen molar-refractivity contribution in [2.75, 3.05) is 26.7 Å². The minimum absolute atomic E-state index is 0.427. The molecule has 1 N–H and O–H groups in total. The molecule has 0 spiro atoms. The second-order valence-corrected chi connectivity index (χ2v) is 5.94. The van der Waals surface area contributed by atoms with Gasteiger partial charge in [0.15, 0.2) is 0 Å². The first-order valence-corrected chi connectivity index (χ1v) is 8.22. The van der Waals surface area contributed by atoms with Gasteiger partial charge in [-0.15, -0.1) is 0 Å². The Hall–Kier alpha value is -0.570. The van der Waals surface area contributed by atoms with Crippen LogP contribution in [0.4, 0.5) is 0 Å². The van der Waals surface area contributed by atoms with Gasteiger partial charge in [0.2, 0.25) is 0 Å². The van der Waals surface area contributed by atoms with E-state index in [1.807, 2.05) is 12.1 Å². The average molecular weight is 297 g/mol. The highest BCUT2D eigenvalue weighted by Gasteiger charge is 2.11. The van der Waals surface area contributed by atoms with E-state index in [9.17, 15) is 0 Å². The van der Waals surface area contributed by atoms with Crippen molar-refractivity contribution in [2.45, 2.75) is 45.6 Å². The number of benzene rings is 1. The first kappa shape index (κ1) is 17.5. The number of hydrogen-bond donors (Lipinski definition) is 1. The summed E-state index contributed by atoms with van der Waals surface area (Å²) >= 11 is 5.98. The van der Waals surface area contributed by atoms with E-state index in [4.69, 9.17) is 11.6 Å². The summed E-state index contributed by atoms with van der Waals surface area (Å²) in [7, 11) is 2.22. The molecule has 1 aromatic carbocycles. The lowest BCUT2D eigenvalue weighted by atomic mass is 10.0. The van der Waals surface area contributed by atoms with Gasteiger partial charge in [-0.25, -0.2) is 0 Å². The molecule has 0 heterocycles. The average Bonchev–Trinajstić information content (AvgIpc) is 2.46. The molecule has 0 aliphatic carbocycles. The Morgan fingerprint density at radius 1 is 1.10 bits per heavy atom. The third-order valence-electron chi connectivity index (χ3n) is 3.61. The van der Waals surface area contributed by atoms with Crippen molar-refractivity contribution < 1.29 is 0 Å². The standard InChI is InChI=1S/C17H29ClN2/c1-4-6-13-20(3)14-11-17(19-12-5-2)15-7-9-16(18)10-8-15/h7-10,17,19H,4-6,11-14H2,1-3H3. The second-order valence-electron chi connectivity index (χ2n) is 5.50. The Kier molecular flexibility index (Phi) is 8.92. The Morgan fingerprint density at radius 2 is 1.80 bits per heavy atom. The molecule has 0 fully saturated rings. The monoisotopic (exact) mass is 296 g/mol. The molecule has 0 aromatic heterocycles. The smallest absolute Gasteiger partial charge is 0.0406 e. The Morgan fingerprint density at radius 3 is 2.40 bits per heavy atom. The summed E-state index contributed by atoms with van der Waals surface area (Å²) in [6, 6.07) is 8.68. The van der Waals surface area contributed by atoms with Crippen LogP contribution in [-0.4, -0.2) is 31.6 Å². The molecule has 1 unspecified atom stereocenters. The van der Waals surface area contributed by atoms with Crippen LogP contribution >= 0.6 is 11.6 Å². The zero-order chi connectivity index (χ0) is 14.8. The molecular formula is C17H29ClN2.